The smallest absolute Gasteiger partial charge is 0.358 e. The maximum Gasteiger partial charge on any atom is 0.358 e. The molecular weight excluding hydrogens is 316 g/mol. The summed E-state index contributed by atoms with van der Waals surface area (Å²) in [5.74, 6) is -1.66. The van der Waals surface area contributed by atoms with Gasteiger partial charge in [0.1, 0.15) is 0 Å². The van der Waals surface area contributed by atoms with Crippen molar-refractivity contribution in [2.45, 2.75) is 19.9 Å². The Labute approximate surface area is 137 Å². The fourth-order valence-corrected chi connectivity index (χ4v) is 3.01. The van der Waals surface area contributed by atoms with Gasteiger partial charge in [0.25, 0.3) is 0 Å². The molecule has 0 saturated heterocycles. The highest BCUT2D eigenvalue weighted by molar-refractivity contribution is 6.36. The van der Waals surface area contributed by atoms with Crippen molar-refractivity contribution in [3.8, 4) is 5.75 Å². The first kappa shape index (κ1) is 15.4. The van der Waals surface area contributed by atoms with Crippen LogP contribution >= 0.6 is 11.6 Å². The first-order valence-electron chi connectivity index (χ1n) is 7.20. The van der Waals surface area contributed by atoms with E-state index in [9.17, 15) is 15.0 Å². The van der Waals surface area contributed by atoms with Crippen LogP contribution in [0.5, 0.6) is 5.75 Å². The number of benzene rings is 1. The number of nitrogens with zero attached hydrogens (tertiary/aromatic N) is 2. The minimum atomic E-state index is -1.27. The van der Waals surface area contributed by atoms with Crippen LogP contribution in [0.25, 0.3) is 10.9 Å². The van der Waals surface area contributed by atoms with Crippen molar-refractivity contribution in [2.24, 2.45) is 0 Å². The van der Waals surface area contributed by atoms with Crippen LogP contribution in [0.3, 0.4) is 0 Å². The van der Waals surface area contributed by atoms with Gasteiger partial charge in [0.15, 0.2) is 11.4 Å². The monoisotopic (exact) mass is 330 g/mol. The van der Waals surface area contributed by atoms with E-state index in [4.69, 9.17) is 11.6 Å². The molecule has 23 heavy (non-hydrogen) atoms. The zero-order valence-corrected chi connectivity index (χ0v) is 13.2. The van der Waals surface area contributed by atoms with Crippen LogP contribution in [0.4, 0.5) is 0 Å². The third-order valence-electron chi connectivity index (χ3n) is 3.75. The summed E-state index contributed by atoms with van der Waals surface area (Å²) in [5.41, 5.74) is 1.97. The van der Waals surface area contributed by atoms with Gasteiger partial charge in [0.05, 0.1) is 21.6 Å². The lowest BCUT2D eigenvalue weighted by atomic mass is 10.1. The topological polar surface area (TPSA) is 75.3 Å². The molecule has 2 aromatic heterocycles. The Kier molecular flexibility index (Phi) is 3.96. The molecule has 0 aliphatic rings. The first-order chi connectivity index (χ1) is 11.0. The number of aromatic nitrogens is 2. The van der Waals surface area contributed by atoms with Gasteiger partial charge in [-0.1, -0.05) is 48.9 Å². The largest absolute Gasteiger partial charge is 0.505 e. The minimum absolute atomic E-state index is 0.313. The summed E-state index contributed by atoms with van der Waals surface area (Å²) in [6.07, 6.45) is 2.23. The summed E-state index contributed by atoms with van der Waals surface area (Å²) in [5, 5.41) is 20.1. The molecule has 0 spiro atoms. The second kappa shape index (κ2) is 5.93. The van der Waals surface area contributed by atoms with E-state index in [0.717, 1.165) is 5.56 Å². The van der Waals surface area contributed by atoms with Crippen molar-refractivity contribution in [2.75, 3.05) is 0 Å². The molecule has 5 nitrogen and oxygen atoms in total. The Hall–Kier alpha value is -2.53. The second-order valence-corrected chi connectivity index (χ2v) is 5.64. The second-order valence-electron chi connectivity index (χ2n) is 5.23. The maximum atomic E-state index is 11.3. The standard InChI is InChI=1S/C17H15ClN2O3/c1-2-12-15-13(16(21)14(19-12)17(22)23)11(18)9-20(15)8-10-6-4-3-5-7-10/h3-7,9,21H,2,8H2,1H3,(H,22,23). The van der Waals surface area contributed by atoms with Crippen molar-refractivity contribution < 1.29 is 15.0 Å². The molecule has 0 atom stereocenters. The minimum Gasteiger partial charge on any atom is -0.505 e. The quantitative estimate of drug-likeness (QED) is 0.764. The average molecular weight is 331 g/mol. The van der Waals surface area contributed by atoms with Gasteiger partial charge in [-0.15, -0.1) is 0 Å². The summed E-state index contributed by atoms with van der Waals surface area (Å²) in [6.45, 7) is 2.45. The van der Waals surface area contributed by atoms with Gasteiger partial charge in [-0.2, -0.15) is 0 Å². The summed E-state index contributed by atoms with van der Waals surface area (Å²) >= 11 is 6.25. The van der Waals surface area contributed by atoms with Gasteiger partial charge in [-0.3, -0.25) is 0 Å². The van der Waals surface area contributed by atoms with E-state index >= 15 is 0 Å². The SMILES string of the molecule is CCc1nc(C(=O)O)c(O)c2c(Cl)cn(Cc3ccccc3)c12. The molecule has 0 aliphatic carbocycles. The Balaban J connectivity index is 2.25. The zero-order valence-electron chi connectivity index (χ0n) is 12.5. The highest BCUT2D eigenvalue weighted by atomic mass is 35.5. The van der Waals surface area contributed by atoms with Crippen LogP contribution in [-0.4, -0.2) is 25.7 Å². The Bertz CT molecular complexity index is 888. The molecule has 0 amide bonds. The lowest BCUT2D eigenvalue weighted by molar-refractivity contribution is 0.0687. The van der Waals surface area contributed by atoms with Crippen LogP contribution in [0.2, 0.25) is 5.02 Å². The molecular formula is C17H15ClN2O3. The normalized spacial score (nSPS) is 11.0. The number of aromatic hydroxyl groups is 1. The van der Waals surface area contributed by atoms with Crippen molar-refractivity contribution >= 4 is 28.5 Å². The van der Waals surface area contributed by atoms with E-state index in [1.54, 1.807) is 6.20 Å². The van der Waals surface area contributed by atoms with E-state index in [0.29, 0.717) is 34.6 Å². The molecule has 0 radical (unpaired) electrons. The molecule has 6 heteroatoms. The molecule has 118 valence electrons. The van der Waals surface area contributed by atoms with Crippen LogP contribution in [0, 0.1) is 0 Å². The van der Waals surface area contributed by atoms with E-state index in [2.05, 4.69) is 4.98 Å². The lowest BCUT2D eigenvalue weighted by Crippen LogP contribution is -2.07. The number of hydrogen-bond donors (Lipinski definition) is 2. The van der Waals surface area contributed by atoms with E-state index < -0.39 is 5.97 Å². The predicted molar refractivity (Wildman–Crippen MR) is 88.3 cm³/mol. The fourth-order valence-electron chi connectivity index (χ4n) is 2.72. The first-order valence-corrected chi connectivity index (χ1v) is 7.58. The van der Waals surface area contributed by atoms with Gasteiger partial charge < -0.3 is 14.8 Å². The number of carboxylic acid groups (broad SMARTS) is 1. The number of aryl methyl sites for hydroxylation is 1. The highest BCUT2D eigenvalue weighted by Crippen LogP contribution is 2.37. The molecule has 3 rings (SSSR count). The number of hydrogen-bond acceptors (Lipinski definition) is 3. The lowest BCUT2D eigenvalue weighted by Gasteiger charge is -2.10. The van der Waals surface area contributed by atoms with Crippen LogP contribution in [0.15, 0.2) is 36.5 Å². The molecule has 0 aliphatic heterocycles. The molecule has 0 unspecified atom stereocenters. The third-order valence-corrected chi connectivity index (χ3v) is 4.03. The predicted octanol–water partition coefficient (Wildman–Crippen LogP) is 3.70. The van der Waals surface area contributed by atoms with Crippen molar-refractivity contribution in [3.05, 3.63) is 58.5 Å². The number of pyridine rings is 1. The van der Waals surface area contributed by atoms with Crippen molar-refractivity contribution in [1.29, 1.82) is 0 Å². The number of carboxylic acids is 1. The van der Waals surface area contributed by atoms with Gasteiger partial charge in [-0.25, -0.2) is 9.78 Å². The Morgan fingerprint density at radius 1 is 1.30 bits per heavy atom. The number of rotatable bonds is 4. The molecule has 0 fully saturated rings. The molecule has 3 aromatic rings. The summed E-state index contributed by atoms with van der Waals surface area (Å²) in [6, 6.07) is 9.81. The zero-order chi connectivity index (χ0) is 16.6. The Morgan fingerprint density at radius 2 is 2.00 bits per heavy atom. The number of halogens is 1. The molecule has 0 bridgehead atoms. The van der Waals surface area contributed by atoms with Crippen molar-refractivity contribution in [1.82, 2.24) is 9.55 Å². The van der Waals surface area contributed by atoms with Crippen LogP contribution in [0.1, 0.15) is 28.7 Å². The molecule has 0 saturated carbocycles. The average Bonchev–Trinajstić information content (AvgIpc) is 2.86. The Morgan fingerprint density at radius 3 is 2.61 bits per heavy atom. The summed E-state index contributed by atoms with van der Waals surface area (Å²) in [7, 11) is 0. The third kappa shape index (κ3) is 2.64. The maximum absolute atomic E-state index is 11.3. The molecule has 1 aromatic carbocycles. The summed E-state index contributed by atoms with van der Waals surface area (Å²) in [4.78, 5) is 15.4. The number of carbonyl (C=O) groups is 1. The van der Waals surface area contributed by atoms with Crippen LogP contribution < -0.4 is 0 Å². The van der Waals surface area contributed by atoms with Crippen LogP contribution in [-0.2, 0) is 13.0 Å². The van der Waals surface area contributed by atoms with E-state index in [1.807, 2.05) is 41.8 Å². The highest BCUT2D eigenvalue weighted by Gasteiger charge is 2.22. The van der Waals surface area contributed by atoms with Gasteiger partial charge in [-0.05, 0) is 12.0 Å². The number of fused-ring (bicyclic) bond motifs is 1. The van der Waals surface area contributed by atoms with Gasteiger partial charge in [0.2, 0.25) is 0 Å². The van der Waals surface area contributed by atoms with Gasteiger partial charge >= 0.3 is 5.97 Å². The molecule has 2 heterocycles. The molecule has 2 N–H and O–H groups in total. The number of aromatic carboxylic acids is 1. The van der Waals surface area contributed by atoms with Gasteiger partial charge in [0, 0.05) is 12.7 Å². The van der Waals surface area contributed by atoms with E-state index in [-0.39, 0.29) is 11.4 Å². The van der Waals surface area contributed by atoms with Crippen molar-refractivity contribution in [3.63, 3.8) is 0 Å². The summed E-state index contributed by atoms with van der Waals surface area (Å²) < 4.78 is 1.89. The van der Waals surface area contributed by atoms with E-state index in [1.165, 1.54) is 0 Å². The fraction of sp³-hybridized carbons (Fsp3) is 0.176.